The lowest BCUT2D eigenvalue weighted by Gasteiger charge is -2.22. The molecular weight excluding hydrogens is 506 g/mol. The predicted octanol–water partition coefficient (Wildman–Crippen LogP) is 6.24. The lowest BCUT2D eigenvalue weighted by Crippen LogP contribution is -2.31. The molecule has 0 radical (unpaired) electrons. The number of carbonyl (C=O) groups is 1. The highest BCUT2D eigenvalue weighted by molar-refractivity contribution is 7.13. The molecule has 0 aliphatic carbocycles. The van der Waals surface area contributed by atoms with Crippen LogP contribution in [-0.4, -0.2) is 49.0 Å². The zero-order valence-electron chi connectivity index (χ0n) is 19.2. The zero-order chi connectivity index (χ0) is 26.3. The van der Waals surface area contributed by atoms with Crippen LogP contribution in [0.2, 0.25) is 0 Å². The Morgan fingerprint density at radius 2 is 1.75 bits per heavy atom. The molecule has 1 N–H and O–H groups in total. The molecule has 2 aromatic carbocycles. The summed E-state index contributed by atoms with van der Waals surface area (Å²) in [4.78, 5) is 21.0. The topological polar surface area (TPSA) is 48.5 Å². The second kappa shape index (κ2) is 9.74. The van der Waals surface area contributed by atoms with Gasteiger partial charge >= 0.3 is 12.4 Å². The Kier molecular flexibility index (Phi) is 7.02. The summed E-state index contributed by atoms with van der Waals surface area (Å²) in [6.07, 6.45) is -8.91. The number of rotatable bonds is 5. The first-order valence-electron chi connectivity index (χ1n) is 10.9. The predicted molar refractivity (Wildman–Crippen MR) is 126 cm³/mol. The first-order chi connectivity index (χ1) is 16.8. The monoisotopic (exact) mass is 528 g/mol. The molecule has 3 aromatic rings. The number of hydrogen-bond acceptors (Lipinski definition) is 5. The molecule has 1 aromatic heterocycles. The van der Waals surface area contributed by atoms with Crippen LogP contribution in [-0.2, 0) is 12.4 Å². The minimum absolute atomic E-state index is 0.0547. The molecule has 1 fully saturated rings. The first kappa shape index (κ1) is 26.0. The average molecular weight is 529 g/mol. The van der Waals surface area contributed by atoms with E-state index >= 15 is 0 Å². The number of hydrogen-bond donors (Lipinski definition) is 1. The molecule has 192 valence electrons. The van der Waals surface area contributed by atoms with Crippen LogP contribution >= 0.6 is 11.3 Å². The fraction of sp³-hybridized carbons (Fsp3) is 0.333. The maximum atomic E-state index is 13.5. The Hall–Kier alpha value is -3.12. The first-order valence-corrected chi connectivity index (χ1v) is 11.8. The van der Waals surface area contributed by atoms with Gasteiger partial charge in [0.15, 0.2) is 0 Å². The van der Waals surface area contributed by atoms with Crippen LogP contribution in [0.3, 0.4) is 0 Å². The van der Waals surface area contributed by atoms with Crippen LogP contribution in [0.25, 0.3) is 10.6 Å². The van der Waals surface area contributed by atoms with Crippen molar-refractivity contribution in [1.29, 1.82) is 0 Å². The number of nitrogens with zero attached hydrogens (tertiary/aromatic N) is 3. The van der Waals surface area contributed by atoms with E-state index in [1.54, 1.807) is 12.1 Å². The summed E-state index contributed by atoms with van der Waals surface area (Å²) in [5, 5.41) is 3.71. The lowest BCUT2D eigenvalue weighted by molar-refractivity contribution is -0.142. The summed E-state index contributed by atoms with van der Waals surface area (Å²) in [6, 6.07) is 9.00. The van der Waals surface area contributed by atoms with Crippen LogP contribution in [0.5, 0.6) is 0 Å². The van der Waals surface area contributed by atoms with Gasteiger partial charge in [-0.1, -0.05) is 6.07 Å². The minimum Gasteiger partial charge on any atom is -0.370 e. The zero-order valence-corrected chi connectivity index (χ0v) is 20.1. The molecule has 1 unspecified atom stereocenters. The summed E-state index contributed by atoms with van der Waals surface area (Å²) < 4.78 is 79.2. The van der Waals surface area contributed by atoms with Crippen molar-refractivity contribution in [2.24, 2.45) is 0 Å². The smallest absolute Gasteiger partial charge is 0.370 e. The molecule has 1 aliphatic heterocycles. The third-order valence-electron chi connectivity index (χ3n) is 6.00. The van der Waals surface area contributed by atoms with Gasteiger partial charge in [-0.25, -0.2) is 4.98 Å². The summed E-state index contributed by atoms with van der Waals surface area (Å²) >= 11 is 0.743. The number of benzene rings is 2. The molecule has 1 atom stereocenters. The highest BCUT2D eigenvalue weighted by Gasteiger charge is 2.39. The van der Waals surface area contributed by atoms with E-state index in [1.807, 2.05) is 26.2 Å². The molecule has 0 bridgehead atoms. The summed E-state index contributed by atoms with van der Waals surface area (Å²) in [6.45, 7) is 1.81. The van der Waals surface area contributed by atoms with Gasteiger partial charge in [0.2, 0.25) is 0 Å². The van der Waals surface area contributed by atoms with E-state index in [1.165, 1.54) is 5.38 Å². The van der Waals surface area contributed by atoms with Crippen molar-refractivity contribution in [3.63, 3.8) is 0 Å². The normalized spacial score (nSPS) is 16.6. The van der Waals surface area contributed by atoms with Gasteiger partial charge < -0.3 is 15.1 Å². The van der Waals surface area contributed by atoms with Gasteiger partial charge in [0.25, 0.3) is 5.91 Å². The van der Waals surface area contributed by atoms with Crippen molar-refractivity contribution in [2.45, 2.75) is 24.8 Å². The molecule has 1 aliphatic rings. The Morgan fingerprint density at radius 3 is 2.33 bits per heavy atom. The largest absolute Gasteiger partial charge is 0.417 e. The van der Waals surface area contributed by atoms with Crippen molar-refractivity contribution in [3.8, 4) is 10.6 Å². The van der Waals surface area contributed by atoms with E-state index in [0.29, 0.717) is 17.8 Å². The quantitative estimate of drug-likeness (QED) is 0.399. The molecule has 0 spiro atoms. The van der Waals surface area contributed by atoms with E-state index in [0.717, 1.165) is 42.6 Å². The third kappa shape index (κ3) is 5.65. The summed E-state index contributed by atoms with van der Waals surface area (Å²) in [7, 11) is 4.08. The van der Waals surface area contributed by atoms with E-state index < -0.39 is 35.0 Å². The minimum atomic E-state index is -5.03. The fourth-order valence-corrected chi connectivity index (χ4v) is 4.83. The van der Waals surface area contributed by atoms with Crippen LogP contribution in [0, 0.1) is 0 Å². The van der Waals surface area contributed by atoms with Crippen LogP contribution in [0.4, 0.5) is 37.7 Å². The lowest BCUT2D eigenvalue weighted by atomic mass is 10.0. The average Bonchev–Trinajstić information content (AvgIpc) is 3.48. The number of carbonyl (C=O) groups excluding carboxylic acids is 1. The standard InChI is InChI=1S/C24H22F6N4OS/c1-33(2)17-9-10-34(12-17)16-6-4-15(5-7-16)31-21(35)20-13-36-22(32-20)18-8-3-14(23(25,26)27)11-19(18)24(28,29)30/h3-8,11,13,17H,9-10,12H2,1-2H3,(H,31,35). The number of aromatic nitrogens is 1. The molecule has 1 amide bonds. The van der Waals surface area contributed by atoms with Crippen LogP contribution < -0.4 is 10.2 Å². The maximum Gasteiger partial charge on any atom is 0.417 e. The van der Waals surface area contributed by atoms with E-state index in [4.69, 9.17) is 0 Å². The fourth-order valence-electron chi connectivity index (χ4n) is 3.99. The van der Waals surface area contributed by atoms with Crippen LogP contribution in [0.1, 0.15) is 28.0 Å². The van der Waals surface area contributed by atoms with E-state index in [2.05, 4.69) is 20.1 Å². The Labute approximate surface area is 207 Å². The van der Waals surface area contributed by atoms with Gasteiger partial charge in [-0.3, -0.25) is 4.79 Å². The van der Waals surface area contributed by atoms with Gasteiger partial charge in [0, 0.05) is 41.4 Å². The SMILES string of the molecule is CN(C)C1CCN(c2ccc(NC(=O)c3csc(-c4ccc(C(F)(F)F)cc4C(F)(F)F)n3)cc2)C1. The van der Waals surface area contributed by atoms with Crippen molar-refractivity contribution < 1.29 is 31.1 Å². The number of nitrogens with one attached hydrogen (secondary N) is 1. The third-order valence-corrected chi connectivity index (χ3v) is 6.88. The molecule has 5 nitrogen and oxygen atoms in total. The van der Waals surface area contributed by atoms with E-state index in [-0.39, 0.29) is 16.8 Å². The van der Waals surface area contributed by atoms with Gasteiger partial charge in [0.05, 0.1) is 11.1 Å². The Morgan fingerprint density at radius 1 is 1.06 bits per heavy atom. The maximum absolute atomic E-state index is 13.5. The van der Waals surface area contributed by atoms with Crippen LogP contribution in [0.15, 0.2) is 47.8 Å². The molecule has 36 heavy (non-hydrogen) atoms. The molecule has 4 rings (SSSR count). The van der Waals surface area contributed by atoms with Crippen molar-refractivity contribution in [1.82, 2.24) is 9.88 Å². The van der Waals surface area contributed by atoms with Gasteiger partial charge in [-0.15, -0.1) is 11.3 Å². The Bertz CT molecular complexity index is 1240. The molecular formula is C24H22F6N4OS. The second-order valence-corrected chi connectivity index (χ2v) is 9.51. The molecule has 1 saturated heterocycles. The molecule has 2 heterocycles. The second-order valence-electron chi connectivity index (χ2n) is 8.65. The van der Waals surface area contributed by atoms with Gasteiger partial charge in [-0.05, 0) is 56.9 Å². The Balaban J connectivity index is 1.49. The number of amides is 1. The highest BCUT2D eigenvalue weighted by atomic mass is 32.1. The van der Waals surface area contributed by atoms with Crippen molar-refractivity contribution >= 4 is 28.6 Å². The van der Waals surface area contributed by atoms with Gasteiger partial charge in [-0.2, -0.15) is 26.3 Å². The van der Waals surface area contributed by atoms with Gasteiger partial charge in [0.1, 0.15) is 10.7 Å². The van der Waals surface area contributed by atoms with Crippen molar-refractivity contribution in [3.05, 3.63) is 64.7 Å². The number of thiazole rings is 1. The van der Waals surface area contributed by atoms with E-state index in [9.17, 15) is 31.1 Å². The molecule has 12 heteroatoms. The number of anilines is 2. The number of alkyl halides is 6. The summed E-state index contributed by atoms with van der Waals surface area (Å²) in [5.41, 5.74) is -2.05. The van der Waals surface area contributed by atoms with Crippen molar-refractivity contribution in [2.75, 3.05) is 37.4 Å². The number of likely N-dealkylation sites (N-methyl/N-ethyl adjacent to an activating group) is 1. The summed E-state index contributed by atoms with van der Waals surface area (Å²) in [5.74, 6) is -0.639. The highest BCUT2D eigenvalue weighted by Crippen LogP contribution is 2.41. The number of halogens is 6. The molecule has 0 saturated carbocycles.